The van der Waals surface area contributed by atoms with Gasteiger partial charge in [0.05, 0.1) is 27.8 Å². The second-order valence-electron chi connectivity index (χ2n) is 7.87. The van der Waals surface area contributed by atoms with E-state index in [2.05, 4.69) is 4.98 Å². The van der Waals surface area contributed by atoms with Gasteiger partial charge in [0.1, 0.15) is 5.75 Å². The fourth-order valence-electron chi connectivity index (χ4n) is 4.93. The summed E-state index contributed by atoms with van der Waals surface area (Å²) in [5.41, 5.74) is 0.154. The van der Waals surface area contributed by atoms with Gasteiger partial charge in [-0.25, -0.2) is 9.78 Å². The number of thiazole rings is 1. The topological polar surface area (TPSA) is 68.7 Å². The van der Waals surface area contributed by atoms with E-state index in [1.165, 1.54) is 11.3 Å². The largest absolute Gasteiger partial charge is 0.493 e. The number of carboxylic acid groups (broad SMARTS) is 1. The Morgan fingerprint density at radius 3 is 2.79 bits per heavy atom. The summed E-state index contributed by atoms with van der Waals surface area (Å²) in [5.74, 6) is 1.50. The lowest BCUT2D eigenvalue weighted by Crippen LogP contribution is -2.30. The quantitative estimate of drug-likeness (QED) is 0.599. The number of aromatic carboxylic acids is 1. The molecule has 156 valence electrons. The highest BCUT2D eigenvalue weighted by molar-refractivity contribution is 7.09. The molecule has 29 heavy (non-hydrogen) atoms. The Morgan fingerprint density at radius 1 is 1.28 bits per heavy atom. The Morgan fingerprint density at radius 2 is 2.10 bits per heavy atom. The van der Waals surface area contributed by atoms with Gasteiger partial charge in [-0.3, -0.25) is 0 Å². The number of rotatable bonds is 6. The maximum atomic E-state index is 11.1. The number of methoxy groups -OCH3 is 1. The Labute approximate surface area is 184 Å². The van der Waals surface area contributed by atoms with E-state index in [0.717, 1.165) is 36.4 Å². The molecule has 4 rings (SSSR count). The minimum absolute atomic E-state index is 0.154. The first kappa shape index (κ1) is 20.9. The van der Waals surface area contributed by atoms with Gasteiger partial charge < -0.3 is 14.6 Å². The van der Waals surface area contributed by atoms with Crippen molar-refractivity contribution in [1.82, 2.24) is 4.98 Å². The number of carboxylic acids is 1. The molecule has 0 saturated heterocycles. The molecule has 2 aliphatic rings. The number of nitrogens with zero attached hydrogens (tertiary/aromatic N) is 1. The van der Waals surface area contributed by atoms with Crippen molar-refractivity contribution in [3.63, 3.8) is 0 Å². The van der Waals surface area contributed by atoms with Crippen LogP contribution in [0.25, 0.3) is 0 Å². The molecule has 1 heterocycles. The number of hydrogen-bond acceptors (Lipinski definition) is 5. The number of aromatic nitrogens is 1. The molecule has 2 aliphatic carbocycles. The molecule has 5 atom stereocenters. The van der Waals surface area contributed by atoms with Crippen LogP contribution in [-0.2, 0) is 4.74 Å². The Balaban J connectivity index is 1.42. The van der Waals surface area contributed by atoms with E-state index < -0.39 is 5.97 Å². The van der Waals surface area contributed by atoms with Gasteiger partial charge in [0, 0.05) is 30.4 Å². The minimum Gasteiger partial charge on any atom is -0.493 e. The molecule has 5 nitrogen and oxygen atoms in total. The number of benzene rings is 1. The summed E-state index contributed by atoms with van der Waals surface area (Å²) in [6, 6.07) is 5.33. The van der Waals surface area contributed by atoms with E-state index in [9.17, 15) is 4.79 Å². The first-order valence-corrected chi connectivity index (χ1v) is 11.4. The summed E-state index contributed by atoms with van der Waals surface area (Å²) >= 11 is 13.5. The summed E-state index contributed by atoms with van der Waals surface area (Å²) in [6.07, 6.45) is 4.29. The molecule has 8 heteroatoms. The zero-order valence-corrected chi connectivity index (χ0v) is 18.3. The van der Waals surface area contributed by atoms with Crippen LogP contribution < -0.4 is 4.74 Å². The highest BCUT2D eigenvalue weighted by Gasteiger charge is 2.47. The number of carbonyl (C=O) groups is 1. The third-order valence-corrected chi connectivity index (χ3v) is 8.08. The van der Waals surface area contributed by atoms with E-state index in [1.54, 1.807) is 24.6 Å². The normalized spacial score (nSPS) is 28.9. The van der Waals surface area contributed by atoms with Gasteiger partial charge >= 0.3 is 5.97 Å². The molecule has 2 fully saturated rings. The van der Waals surface area contributed by atoms with Crippen LogP contribution in [0.2, 0.25) is 10.0 Å². The Kier molecular flexibility index (Phi) is 6.35. The average molecular weight is 456 g/mol. The fourth-order valence-corrected chi connectivity index (χ4v) is 6.16. The summed E-state index contributed by atoms with van der Waals surface area (Å²) in [5, 5.41) is 12.7. The Hall–Kier alpha value is -1.34. The van der Waals surface area contributed by atoms with Crippen molar-refractivity contribution in [1.29, 1.82) is 0 Å². The molecule has 0 aliphatic heterocycles. The number of hydrogen-bond donors (Lipinski definition) is 1. The zero-order chi connectivity index (χ0) is 20.5. The smallest absolute Gasteiger partial charge is 0.355 e. The highest BCUT2D eigenvalue weighted by atomic mass is 35.5. The van der Waals surface area contributed by atoms with Gasteiger partial charge in [0.15, 0.2) is 5.69 Å². The SMILES string of the molecule is CO[C@H]1C[C@@H]2C[C@@H](c3nc(C(=O)O)cs3)CC[C@@H]2[C@H]1COc1ccc(Cl)c(Cl)c1. The van der Waals surface area contributed by atoms with E-state index in [-0.39, 0.29) is 11.8 Å². The Bertz CT molecular complexity index is 889. The molecule has 2 aromatic rings. The second-order valence-corrected chi connectivity index (χ2v) is 9.57. The van der Waals surface area contributed by atoms with Crippen molar-refractivity contribution in [2.75, 3.05) is 13.7 Å². The average Bonchev–Trinajstić information content (AvgIpc) is 3.33. The standard InChI is InChI=1S/C21H23Cl2NO4S/c1-27-19-7-12-6-11(20-24-18(10-29-20)21(25)26)2-4-14(12)15(19)9-28-13-3-5-16(22)17(23)8-13/h3,5,8,10-12,14-15,19H,2,4,6-7,9H2,1H3,(H,25,26)/t11-,12-,14-,15+,19-/m0/s1. The van der Waals surface area contributed by atoms with Gasteiger partial charge in [0.25, 0.3) is 0 Å². The maximum Gasteiger partial charge on any atom is 0.355 e. The monoisotopic (exact) mass is 455 g/mol. The molecule has 2 saturated carbocycles. The van der Waals surface area contributed by atoms with Crippen LogP contribution in [-0.4, -0.2) is 35.9 Å². The van der Waals surface area contributed by atoms with E-state index in [1.807, 2.05) is 6.07 Å². The van der Waals surface area contributed by atoms with Crippen molar-refractivity contribution in [2.24, 2.45) is 17.8 Å². The van der Waals surface area contributed by atoms with Crippen LogP contribution in [0.4, 0.5) is 0 Å². The molecule has 0 unspecified atom stereocenters. The molecule has 0 radical (unpaired) electrons. The van der Waals surface area contributed by atoms with E-state index >= 15 is 0 Å². The summed E-state index contributed by atoms with van der Waals surface area (Å²) in [7, 11) is 1.77. The molecule has 1 aromatic heterocycles. The summed E-state index contributed by atoms with van der Waals surface area (Å²) in [4.78, 5) is 15.5. The zero-order valence-electron chi connectivity index (χ0n) is 16.0. The number of ether oxygens (including phenoxy) is 2. The second kappa shape index (κ2) is 8.80. The molecular formula is C21H23Cl2NO4S. The van der Waals surface area contributed by atoms with Gasteiger partial charge in [-0.05, 0) is 49.7 Å². The summed E-state index contributed by atoms with van der Waals surface area (Å²) in [6.45, 7) is 0.586. The molecule has 0 spiro atoms. The lowest BCUT2D eigenvalue weighted by atomic mass is 9.73. The van der Waals surface area contributed by atoms with Crippen LogP contribution >= 0.6 is 34.5 Å². The molecular weight excluding hydrogens is 433 g/mol. The van der Waals surface area contributed by atoms with Gasteiger partial charge in [-0.2, -0.15) is 0 Å². The fraction of sp³-hybridized carbons (Fsp3) is 0.524. The molecule has 0 amide bonds. The maximum absolute atomic E-state index is 11.1. The molecule has 0 bridgehead atoms. The van der Waals surface area contributed by atoms with Crippen LogP contribution in [0.1, 0.15) is 47.1 Å². The van der Waals surface area contributed by atoms with Crippen molar-refractivity contribution in [2.45, 2.75) is 37.7 Å². The van der Waals surface area contributed by atoms with Crippen LogP contribution in [0.15, 0.2) is 23.6 Å². The predicted octanol–water partition coefficient (Wildman–Crippen LogP) is 5.76. The van der Waals surface area contributed by atoms with Crippen molar-refractivity contribution >= 4 is 40.5 Å². The van der Waals surface area contributed by atoms with E-state index in [0.29, 0.717) is 40.3 Å². The lowest BCUT2D eigenvalue weighted by Gasteiger charge is -2.33. The predicted molar refractivity (Wildman–Crippen MR) is 114 cm³/mol. The number of halogens is 2. The third kappa shape index (κ3) is 4.41. The summed E-state index contributed by atoms with van der Waals surface area (Å²) < 4.78 is 11.9. The first-order valence-electron chi connectivity index (χ1n) is 9.75. The highest BCUT2D eigenvalue weighted by Crippen LogP contribution is 2.51. The minimum atomic E-state index is -0.957. The first-order chi connectivity index (χ1) is 14.0. The van der Waals surface area contributed by atoms with Crippen molar-refractivity contribution < 1.29 is 19.4 Å². The van der Waals surface area contributed by atoms with Crippen LogP contribution in [0, 0.1) is 17.8 Å². The number of fused-ring (bicyclic) bond motifs is 1. The lowest BCUT2D eigenvalue weighted by molar-refractivity contribution is 0.0359. The van der Waals surface area contributed by atoms with Gasteiger partial charge in [-0.1, -0.05) is 23.2 Å². The molecule has 1 aromatic carbocycles. The van der Waals surface area contributed by atoms with Crippen molar-refractivity contribution in [3.05, 3.63) is 44.3 Å². The van der Waals surface area contributed by atoms with Gasteiger partial charge in [-0.15, -0.1) is 11.3 Å². The van der Waals surface area contributed by atoms with Crippen molar-refractivity contribution in [3.8, 4) is 5.75 Å². The van der Waals surface area contributed by atoms with Crippen LogP contribution in [0.5, 0.6) is 5.75 Å². The van der Waals surface area contributed by atoms with Gasteiger partial charge in [0.2, 0.25) is 0 Å². The third-order valence-electron chi connectivity index (χ3n) is 6.33. The molecule has 1 N–H and O–H groups in total. The van der Waals surface area contributed by atoms with Crippen LogP contribution in [0.3, 0.4) is 0 Å². The van der Waals surface area contributed by atoms with E-state index in [4.69, 9.17) is 37.8 Å².